The van der Waals surface area contributed by atoms with Crippen LogP contribution in [0.2, 0.25) is 0 Å². The number of aromatic amines is 1. The van der Waals surface area contributed by atoms with Crippen LogP contribution in [0.3, 0.4) is 0 Å². The summed E-state index contributed by atoms with van der Waals surface area (Å²) in [6, 6.07) is 15.0. The Labute approximate surface area is 157 Å². The van der Waals surface area contributed by atoms with Gasteiger partial charge in [-0.1, -0.05) is 30.3 Å². The molecule has 2 N–H and O–H groups in total. The fourth-order valence-corrected chi connectivity index (χ4v) is 3.95. The molecule has 1 saturated heterocycles. The highest BCUT2D eigenvalue weighted by molar-refractivity contribution is 6.01. The molecule has 138 valence electrons. The normalized spacial score (nSPS) is 16.8. The first-order chi connectivity index (χ1) is 13.0. The highest BCUT2D eigenvalue weighted by Crippen LogP contribution is 2.26. The SMILES string of the molecule is Cc1c(C(=O)N2CC[C@@H](Cc3ccc(C(=O)O)cc3)C2)[nH]c2ccccc12. The van der Waals surface area contributed by atoms with Gasteiger partial charge in [0.25, 0.3) is 5.91 Å². The van der Waals surface area contributed by atoms with Gasteiger partial charge in [-0.3, -0.25) is 4.79 Å². The summed E-state index contributed by atoms with van der Waals surface area (Å²) < 4.78 is 0. The third-order valence-electron chi connectivity index (χ3n) is 5.48. The molecule has 0 aliphatic carbocycles. The van der Waals surface area contributed by atoms with Crippen molar-refractivity contribution in [3.05, 3.63) is 70.9 Å². The number of para-hydroxylation sites is 1. The van der Waals surface area contributed by atoms with Gasteiger partial charge in [0.2, 0.25) is 0 Å². The quantitative estimate of drug-likeness (QED) is 0.740. The molecule has 1 aliphatic rings. The fraction of sp³-hybridized carbons (Fsp3) is 0.273. The molecule has 5 heteroatoms. The van der Waals surface area contributed by atoms with Gasteiger partial charge >= 0.3 is 5.97 Å². The Hall–Kier alpha value is -3.08. The van der Waals surface area contributed by atoms with Crippen LogP contribution in [0.15, 0.2) is 48.5 Å². The predicted octanol–water partition coefficient (Wildman–Crippen LogP) is 3.88. The van der Waals surface area contributed by atoms with Crippen molar-refractivity contribution in [2.24, 2.45) is 5.92 Å². The lowest BCUT2D eigenvalue weighted by Gasteiger charge is -2.16. The minimum absolute atomic E-state index is 0.0624. The molecule has 2 heterocycles. The van der Waals surface area contributed by atoms with E-state index in [1.54, 1.807) is 12.1 Å². The average molecular weight is 362 g/mol. The van der Waals surface area contributed by atoms with Crippen molar-refractivity contribution in [3.8, 4) is 0 Å². The van der Waals surface area contributed by atoms with E-state index in [1.807, 2.05) is 48.2 Å². The van der Waals surface area contributed by atoms with Crippen molar-refractivity contribution in [2.75, 3.05) is 13.1 Å². The van der Waals surface area contributed by atoms with Crippen LogP contribution in [0, 0.1) is 12.8 Å². The van der Waals surface area contributed by atoms with E-state index in [0.29, 0.717) is 17.2 Å². The Balaban J connectivity index is 1.44. The van der Waals surface area contributed by atoms with Gasteiger partial charge in [0.15, 0.2) is 0 Å². The van der Waals surface area contributed by atoms with E-state index in [9.17, 15) is 9.59 Å². The first-order valence-corrected chi connectivity index (χ1v) is 9.21. The number of nitrogens with one attached hydrogen (secondary N) is 1. The number of aromatic carboxylic acids is 1. The number of carboxylic acid groups (broad SMARTS) is 1. The molecular formula is C22H22N2O3. The summed E-state index contributed by atoms with van der Waals surface area (Å²) in [6.45, 7) is 3.48. The lowest BCUT2D eigenvalue weighted by atomic mass is 9.98. The molecule has 1 amide bonds. The molecule has 1 aromatic heterocycles. The molecule has 4 rings (SSSR count). The highest BCUT2D eigenvalue weighted by Gasteiger charge is 2.29. The molecule has 1 aliphatic heterocycles. The summed E-state index contributed by atoms with van der Waals surface area (Å²) >= 11 is 0. The van der Waals surface area contributed by atoms with Gasteiger partial charge in [0, 0.05) is 24.0 Å². The van der Waals surface area contributed by atoms with Gasteiger partial charge in [-0.2, -0.15) is 0 Å². The lowest BCUT2D eigenvalue weighted by Crippen LogP contribution is -2.29. The zero-order valence-corrected chi connectivity index (χ0v) is 15.2. The number of H-pyrrole nitrogens is 1. The van der Waals surface area contributed by atoms with Crippen molar-refractivity contribution in [1.29, 1.82) is 0 Å². The van der Waals surface area contributed by atoms with Crippen molar-refractivity contribution in [1.82, 2.24) is 9.88 Å². The monoisotopic (exact) mass is 362 g/mol. The zero-order chi connectivity index (χ0) is 19.0. The number of rotatable bonds is 4. The minimum atomic E-state index is -0.909. The molecule has 3 aromatic rings. The van der Waals surface area contributed by atoms with Crippen LogP contribution >= 0.6 is 0 Å². The maximum Gasteiger partial charge on any atom is 0.335 e. The van der Waals surface area contributed by atoms with Crippen molar-refractivity contribution in [3.63, 3.8) is 0 Å². The molecule has 5 nitrogen and oxygen atoms in total. The molecule has 0 saturated carbocycles. The van der Waals surface area contributed by atoms with Gasteiger partial charge < -0.3 is 15.0 Å². The number of aromatic nitrogens is 1. The first kappa shape index (κ1) is 17.3. The Morgan fingerprint density at radius 1 is 1.15 bits per heavy atom. The number of carboxylic acids is 1. The number of carbonyl (C=O) groups is 2. The Bertz CT molecular complexity index is 1000. The van der Waals surface area contributed by atoms with E-state index in [4.69, 9.17) is 5.11 Å². The van der Waals surface area contributed by atoms with Crippen LogP contribution in [-0.2, 0) is 6.42 Å². The van der Waals surface area contributed by atoms with Crippen molar-refractivity contribution >= 4 is 22.8 Å². The lowest BCUT2D eigenvalue weighted by molar-refractivity contribution is 0.0696. The molecule has 0 unspecified atom stereocenters. The van der Waals surface area contributed by atoms with E-state index < -0.39 is 5.97 Å². The predicted molar refractivity (Wildman–Crippen MR) is 104 cm³/mol. The average Bonchev–Trinajstić information content (AvgIpc) is 3.27. The Kier molecular flexibility index (Phi) is 4.44. The topological polar surface area (TPSA) is 73.4 Å². The summed E-state index contributed by atoms with van der Waals surface area (Å²) in [6.07, 6.45) is 1.82. The number of hydrogen-bond donors (Lipinski definition) is 2. The van der Waals surface area contributed by atoms with Crippen LogP contribution in [0.4, 0.5) is 0 Å². The second-order valence-electron chi connectivity index (χ2n) is 7.28. The van der Waals surface area contributed by atoms with Crippen LogP contribution in [0.1, 0.15) is 38.4 Å². The molecule has 1 fully saturated rings. The molecule has 1 atom stereocenters. The molecule has 27 heavy (non-hydrogen) atoms. The Morgan fingerprint density at radius 2 is 1.89 bits per heavy atom. The van der Waals surface area contributed by atoms with Gasteiger partial charge in [-0.25, -0.2) is 4.79 Å². The van der Waals surface area contributed by atoms with Gasteiger partial charge in [-0.15, -0.1) is 0 Å². The molecule has 2 aromatic carbocycles. The standard InChI is InChI=1S/C22H22N2O3/c1-14-18-4-2-3-5-19(18)23-20(14)21(25)24-11-10-16(13-24)12-15-6-8-17(9-7-15)22(26)27/h2-9,16,23H,10-13H2,1H3,(H,26,27)/t16-/m0/s1. The van der Waals surface area contributed by atoms with Crippen LogP contribution in [-0.4, -0.2) is 40.0 Å². The van der Waals surface area contributed by atoms with Gasteiger partial charge in [0.1, 0.15) is 5.69 Å². The van der Waals surface area contributed by atoms with Crippen LogP contribution in [0.5, 0.6) is 0 Å². The Morgan fingerprint density at radius 3 is 2.59 bits per heavy atom. The van der Waals surface area contributed by atoms with Crippen LogP contribution < -0.4 is 0 Å². The second kappa shape index (κ2) is 6.91. The molecular weight excluding hydrogens is 340 g/mol. The molecule has 0 spiro atoms. The van der Waals surface area contributed by atoms with E-state index in [2.05, 4.69) is 4.98 Å². The summed E-state index contributed by atoms with van der Waals surface area (Å²) in [7, 11) is 0. The van der Waals surface area contributed by atoms with E-state index in [1.165, 1.54) is 0 Å². The maximum absolute atomic E-state index is 13.0. The van der Waals surface area contributed by atoms with E-state index in [0.717, 1.165) is 48.0 Å². The third kappa shape index (κ3) is 3.33. The summed E-state index contributed by atoms with van der Waals surface area (Å²) in [5, 5.41) is 10.1. The van der Waals surface area contributed by atoms with Gasteiger partial charge in [-0.05, 0) is 55.0 Å². The van der Waals surface area contributed by atoms with E-state index >= 15 is 0 Å². The summed E-state index contributed by atoms with van der Waals surface area (Å²) in [5.41, 5.74) is 4.09. The summed E-state index contributed by atoms with van der Waals surface area (Å²) in [5.74, 6) is -0.449. The minimum Gasteiger partial charge on any atom is -0.478 e. The number of fused-ring (bicyclic) bond motifs is 1. The van der Waals surface area contributed by atoms with Crippen molar-refractivity contribution < 1.29 is 14.7 Å². The number of benzene rings is 2. The van der Waals surface area contributed by atoms with E-state index in [-0.39, 0.29) is 5.91 Å². The number of carbonyl (C=O) groups excluding carboxylic acids is 1. The summed E-state index contributed by atoms with van der Waals surface area (Å²) in [4.78, 5) is 29.1. The second-order valence-corrected chi connectivity index (χ2v) is 7.28. The number of amides is 1. The maximum atomic E-state index is 13.0. The molecule has 0 bridgehead atoms. The number of aryl methyl sites for hydroxylation is 1. The fourth-order valence-electron chi connectivity index (χ4n) is 3.95. The van der Waals surface area contributed by atoms with Crippen LogP contribution in [0.25, 0.3) is 10.9 Å². The van der Waals surface area contributed by atoms with Crippen molar-refractivity contribution in [2.45, 2.75) is 19.8 Å². The number of hydrogen-bond acceptors (Lipinski definition) is 2. The number of nitrogens with zero attached hydrogens (tertiary/aromatic N) is 1. The zero-order valence-electron chi connectivity index (χ0n) is 15.2. The first-order valence-electron chi connectivity index (χ1n) is 9.21. The largest absolute Gasteiger partial charge is 0.478 e. The third-order valence-corrected chi connectivity index (χ3v) is 5.48. The highest BCUT2D eigenvalue weighted by atomic mass is 16.4. The number of likely N-dealkylation sites (tertiary alicyclic amines) is 1. The van der Waals surface area contributed by atoms with Gasteiger partial charge in [0.05, 0.1) is 5.56 Å². The smallest absolute Gasteiger partial charge is 0.335 e. The molecule has 0 radical (unpaired) electrons.